The molecule has 6 heteroatoms. The Morgan fingerprint density at radius 2 is 1.70 bits per heavy atom. The van der Waals surface area contributed by atoms with E-state index in [2.05, 4.69) is 6.58 Å². The van der Waals surface area contributed by atoms with Crippen LogP contribution in [0, 0.1) is 11.3 Å². The molecule has 0 saturated carbocycles. The first-order chi connectivity index (χ1) is 13.0. The van der Waals surface area contributed by atoms with Gasteiger partial charge in [0.1, 0.15) is 11.5 Å². The standard InChI is InChI=1S/C21H17NO5/c1-15(2)21(24)26-14-25-18-8-3-16(4-9-18)7-12-20(23)27-19-10-5-17(13-22)6-11-19/h3-12H,1,14H2,2H3. The molecule has 2 aromatic rings. The van der Waals surface area contributed by atoms with E-state index in [0.717, 1.165) is 5.56 Å². The number of benzene rings is 2. The van der Waals surface area contributed by atoms with Crippen LogP contribution in [0.25, 0.3) is 6.08 Å². The van der Waals surface area contributed by atoms with Crippen LogP contribution >= 0.6 is 0 Å². The molecule has 136 valence electrons. The van der Waals surface area contributed by atoms with Gasteiger partial charge in [-0.15, -0.1) is 0 Å². The predicted molar refractivity (Wildman–Crippen MR) is 98.7 cm³/mol. The summed E-state index contributed by atoms with van der Waals surface area (Å²) in [5, 5.41) is 8.73. The van der Waals surface area contributed by atoms with Gasteiger partial charge in [0.05, 0.1) is 11.6 Å². The Bertz CT molecular complexity index is 890. The van der Waals surface area contributed by atoms with Crippen LogP contribution < -0.4 is 9.47 Å². The van der Waals surface area contributed by atoms with Crippen molar-refractivity contribution < 1.29 is 23.8 Å². The largest absolute Gasteiger partial charge is 0.457 e. The molecule has 0 fully saturated rings. The third-order valence-electron chi connectivity index (χ3n) is 3.26. The van der Waals surface area contributed by atoms with Gasteiger partial charge in [0.2, 0.25) is 6.79 Å². The van der Waals surface area contributed by atoms with Gasteiger partial charge in [-0.3, -0.25) is 0 Å². The van der Waals surface area contributed by atoms with Crippen molar-refractivity contribution in [2.24, 2.45) is 0 Å². The van der Waals surface area contributed by atoms with Crippen molar-refractivity contribution in [3.8, 4) is 17.6 Å². The van der Waals surface area contributed by atoms with E-state index in [0.29, 0.717) is 22.6 Å². The number of rotatable bonds is 7. The van der Waals surface area contributed by atoms with Gasteiger partial charge in [0.15, 0.2) is 0 Å². The van der Waals surface area contributed by atoms with Crippen LogP contribution in [0.15, 0.2) is 66.8 Å². The summed E-state index contributed by atoms with van der Waals surface area (Å²) in [5.74, 6) is -0.180. The molecule has 0 bridgehead atoms. The summed E-state index contributed by atoms with van der Waals surface area (Å²) in [6.45, 7) is 4.81. The molecule has 0 saturated heterocycles. The van der Waals surface area contributed by atoms with E-state index in [4.69, 9.17) is 19.5 Å². The van der Waals surface area contributed by atoms with Crippen molar-refractivity contribution in [1.29, 1.82) is 5.26 Å². The van der Waals surface area contributed by atoms with Crippen LogP contribution in [-0.2, 0) is 14.3 Å². The number of esters is 2. The highest BCUT2D eigenvalue weighted by Gasteiger charge is 2.03. The monoisotopic (exact) mass is 363 g/mol. The quantitative estimate of drug-likeness (QED) is 0.323. The summed E-state index contributed by atoms with van der Waals surface area (Å²) in [6.07, 6.45) is 2.89. The first kappa shape index (κ1) is 19.5. The molecule has 6 nitrogen and oxygen atoms in total. The van der Waals surface area contributed by atoms with Crippen LogP contribution in [0.4, 0.5) is 0 Å². The Morgan fingerprint density at radius 3 is 2.30 bits per heavy atom. The van der Waals surface area contributed by atoms with Crippen molar-refractivity contribution in [2.45, 2.75) is 6.92 Å². The van der Waals surface area contributed by atoms with Crippen molar-refractivity contribution >= 4 is 18.0 Å². The third kappa shape index (κ3) is 6.52. The Labute approximate surface area is 156 Å². The number of carbonyl (C=O) groups is 2. The van der Waals surface area contributed by atoms with Gasteiger partial charge in [-0.2, -0.15) is 5.26 Å². The number of hydrogen-bond donors (Lipinski definition) is 0. The number of nitrogens with zero attached hydrogens (tertiary/aromatic N) is 1. The second-order valence-corrected chi connectivity index (χ2v) is 5.43. The Hall–Kier alpha value is -3.85. The SMILES string of the molecule is C=C(C)C(=O)OCOc1ccc(C=CC(=O)Oc2ccc(C#N)cc2)cc1. The van der Waals surface area contributed by atoms with Crippen molar-refractivity contribution in [3.05, 3.63) is 77.9 Å². The number of ether oxygens (including phenoxy) is 3. The van der Waals surface area contributed by atoms with Gasteiger partial charge in [-0.1, -0.05) is 18.7 Å². The molecule has 0 aromatic heterocycles. The van der Waals surface area contributed by atoms with Crippen molar-refractivity contribution in [1.82, 2.24) is 0 Å². The highest BCUT2D eigenvalue weighted by atomic mass is 16.7. The predicted octanol–water partition coefficient (Wildman–Crippen LogP) is 3.63. The van der Waals surface area contributed by atoms with E-state index in [9.17, 15) is 9.59 Å². The van der Waals surface area contributed by atoms with Crippen LogP contribution in [0.5, 0.6) is 11.5 Å². The first-order valence-corrected chi connectivity index (χ1v) is 7.93. The number of nitriles is 1. The summed E-state index contributed by atoms with van der Waals surface area (Å²) in [5.41, 5.74) is 1.55. The molecular weight excluding hydrogens is 346 g/mol. The Kier molecular flexibility index (Phi) is 6.91. The molecule has 0 aliphatic carbocycles. The zero-order valence-electron chi connectivity index (χ0n) is 14.7. The lowest BCUT2D eigenvalue weighted by Gasteiger charge is -2.07. The second kappa shape index (κ2) is 9.59. The molecule has 0 aliphatic heterocycles. The lowest BCUT2D eigenvalue weighted by atomic mass is 10.2. The highest BCUT2D eigenvalue weighted by Crippen LogP contribution is 2.15. The molecule has 0 N–H and O–H groups in total. The van der Waals surface area contributed by atoms with Crippen LogP contribution in [0.2, 0.25) is 0 Å². The van der Waals surface area contributed by atoms with Crippen LogP contribution in [-0.4, -0.2) is 18.7 Å². The molecule has 0 aliphatic rings. The molecule has 0 spiro atoms. The van der Waals surface area contributed by atoms with E-state index in [1.165, 1.54) is 6.08 Å². The van der Waals surface area contributed by atoms with E-state index >= 15 is 0 Å². The maximum atomic E-state index is 11.8. The average molecular weight is 363 g/mol. The molecule has 2 rings (SSSR count). The zero-order valence-corrected chi connectivity index (χ0v) is 14.7. The molecule has 27 heavy (non-hydrogen) atoms. The lowest BCUT2D eigenvalue weighted by molar-refractivity contribution is -0.145. The van der Waals surface area contributed by atoms with Crippen molar-refractivity contribution in [3.63, 3.8) is 0 Å². The van der Waals surface area contributed by atoms with Gasteiger partial charge in [-0.05, 0) is 55.0 Å². The fraction of sp³-hybridized carbons (Fsp3) is 0.0952. The van der Waals surface area contributed by atoms with E-state index in [-0.39, 0.29) is 6.79 Å². The molecule has 0 radical (unpaired) electrons. The fourth-order valence-electron chi connectivity index (χ4n) is 1.86. The van der Waals surface area contributed by atoms with Gasteiger partial charge in [0.25, 0.3) is 0 Å². The summed E-state index contributed by atoms with van der Waals surface area (Å²) >= 11 is 0. The molecule has 0 heterocycles. The normalized spacial score (nSPS) is 10.1. The lowest BCUT2D eigenvalue weighted by Crippen LogP contribution is -2.10. The minimum absolute atomic E-state index is 0.211. The molecular formula is C21H17NO5. The van der Waals surface area contributed by atoms with Gasteiger partial charge >= 0.3 is 11.9 Å². The smallest absolute Gasteiger partial charge is 0.336 e. The van der Waals surface area contributed by atoms with E-state index < -0.39 is 11.9 Å². The molecule has 0 amide bonds. The van der Waals surface area contributed by atoms with Gasteiger partial charge < -0.3 is 14.2 Å². The number of carbonyl (C=O) groups excluding carboxylic acids is 2. The van der Waals surface area contributed by atoms with E-state index in [1.54, 1.807) is 61.5 Å². The number of hydrogen-bond acceptors (Lipinski definition) is 6. The molecule has 2 aromatic carbocycles. The summed E-state index contributed by atoms with van der Waals surface area (Å²) in [4.78, 5) is 23.0. The highest BCUT2D eigenvalue weighted by molar-refractivity contribution is 5.88. The maximum absolute atomic E-state index is 11.8. The minimum Gasteiger partial charge on any atom is -0.457 e. The minimum atomic E-state index is -0.535. The molecule has 0 atom stereocenters. The topological polar surface area (TPSA) is 85.6 Å². The van der Waals surface area contributed by atoms with E-state index in [1.807, 2.05) is 6.07 Å². The molecule has 0 unspecified atom stereocenters. The van der Waals surface area contributed by atoms with Crippen LogP contribution in [0.1, 0.15) is 18.1 Å². The third-order valence-corrected chi connectivity index (χ3v) is 3.26. The summed E-state index contributed by atoms with van der Waals surface area (Å²) in [6, 6.07) is 15.1. The average Bonchev–Trinajstić information content (AvgIpc) is 2.67. The Morgan fingerprint density at radius 1 is 1.07 bits per heavy atom. The maximum Gasteiger partial charge on any atom is 0.336 e. The second-order valence-electron chi connectivity index (χ2n) is 5.43. The van der Waals surface area contributed by atoms with Crippen molar-refractivity contribution in [2.75, 3.05) is 6.79 Å². The summed E-state index contributed by atoms with van der Waals surface area (Å²) in [7, 11) is 0. The van der Waals surface area contributed by atoms with Crippen LogP contribution in [0.3, 0.4) is 0 Å². The summed E-state index contributed by atoms with van der Waals surface area (Å²) < 4.78 is 15.3. The van der Waals surface area contributed by atoms with Gasteiger partial charge in [0, 0.05) is 11.6 Å². The Balaban J connectivity index is 1.83. The fourth-order valence-corrected chi connectivity index (χ4v) is 1.86. The zero-order chi connectivity index (χ0) is 19.6. The van der Waals surface area contributed by atoms with Gasteiger partial charge in [-0.25, -0.2) is 9.59 Å². The first-order valence-electron chi connectivity index (χ1n) is 7.93.